The first-order chi connectivity index (χ1) is 59.5. The SMILES string of the molecule is CCCCCCNc1nccc(-c2c(-c3ccc(F)cc3)nc3n2C(COc2ccc4ccccc4n2)CC3)n1.CCCCNc1nccc(-c2c(-c3ccc(F)cc3)nc3n2C(COc2nc4ccccc4cc2Cl)CC3)n1.Fc1ccc(-c2nc3n(c2-c2ccnc(NCCN4CCOCC4)n2)C(COc2ccc4ccccc4n2)CC3)cc1. The Hall–Kier alpha value is -12.8. The minimum absolute atomic E-state index is 0.00694. The van der Waals surface area contributed by atoms with Gasteiger partial charge in [0.15, 0.2) is 0 Å². The summed E-state index contributed by atoms with van der Waals surface area (Å²) in [6.07, 6.45) is 17.2. The molecule has 6 aromatic carbocycles. The first kappa shape index (κ1) is 80.6. The second kappa shape index (κ2) is 38.1. The average Bonchev–Trinajstić information content (AvgIpc) is 1.61. The van der Waals surface area contributed by atoms with Gasteiger partial charge in [-0.2, -0.15) is 0 Å². The highest BCUT2D eigenvalue weighted by atomic mass is 35.5. The van der Waals surface area contributed by atoms with Crippen molar-refractivity contribution < 1.29 is 32.1 Å². The lowest BCUT2D eigenvalue weighted by Gasteiger charge is -2.26. The summed E-state index contributed by atoms with van der Waals surface area (Å²) in [6, 6.07) is 58.8. The van der Waals surface area contributed by atoms with Gasteiger partial charge in [-0.25, -0.2) is 73.0 Å². The summed E-state index contributed by atoms with van der Waals surface area (Å²) < 4.78 is 72.2. The highest BCUT2D eigenvalue weighted by molar-refractivity contribution is 6.32. The van der Waals surface area contributed by atoms with Gasteiger partial charge in [0.05, 0.1) is 99.1 Å². The molecular formula is C94H93ClF3N19O4. The summed E-state index contributed by atoms with van der Waals surface area (Å²) in [5, 5.41) is 13.7. The number of aryl methyl sites for hydroxylation is 3. The Morgan fingerprint density at radius 3 is 1.24 bits per heavy atom. The third kappa shape index (κ3) is 19.0. The van der Waals surface area contributed by atoms with Crippen LogP contribution in [0.4, 0.5) is 31.0 Å². The minimum Gasteiger partial charge on any atom is -0.475 e. The van der Waals surface area contributed by atoms with Crippen LogP contribution in [0.2, 0.25) is 5.02 Å². The van der Waals surface area contributed by atoms with Gasteiger partial charge in [0, 0.05) is 122 Å². The van der Waals surface area contributed by atoms with Crippen LogP contribution in [0, 0.1) is 17.5 Å². The number of pyridine rings is 3. The molecule has 0 aliphatic carbocycles. The molecule has 27 heteroatoms. The van der Waals surface area contributed by atoms with E-state index in [9.17, 15) is 13.2 Å². The van der Waals surface area contributed by atoms with E-state index >= 15 is 0 Å². The lowest BCUT2D eigenvalue weighted by atomic mass is 10.1. The molecule has 121 heavy (non-hydrogen) atoms. The molecule has 23 nitrogen and oxygen atoms in total. The van der Waals surface area contributed by atoms with Crippen LogP contribution >= 0.6 is 11.6 Å². The molecule has 0 spiro atoms. The summed E-state index contributed by atoms with van der Waals surface area (Å²) in [7, 11) is 0. The maximum atomic E-state index is 13.8. The fraction of sp³-hybridized carbons (Fsp3) is 0.298. The summed E-state index contributed by atoms with van der Waals surface area (Å²) in [6.45, 7) is 12.3. The predicted molar refractivity (Wildman–Crippen MR) is 467 cm³/mol. The highest BCUT2D eigenvalue weighted by Gasteiger charge is 2.36. The molecule has 0 radical (unpaired) electrons. The normalized spacial score (nSPS) is 15.3. The van der Waals surface area contributed by atoms with E-state index in [4.69, 9.17) is 60.5 Å². The van der Waals surface area contributed by atoms with Gasteiger partial charge in [0.2, 0.25) is 35.5 Å². The second-order valence-corrected chi connectivity index (χ2v) is 30.8. The Morgan fingerprint density at radius 1 is 0.405 bits per heavy atom. The zero-order valence-electron chi connectivity index (χ0n) is 67.5. The van der Waals surface area contributed by atoms with E-state index in [1.165, 1.54) is 55.7 Å². The molecule has 3 atom stereocenters. The number of ether oxygens (including phenoxy) is 4. The minimum atomic E-state index is -0.289. The number of para-hydroxylation sites is 3. The van der Waals surface area contributed by atoms with E-state index in [0.717, 1.165) is 228 Å². The van der Waals surface area contributed by atoms with Crippen LogP contribution in [0.3, 0.4) is 0 Å². The number of aromatic nitrogens is 15. The van der Waals surface area contributed by atoms with Crippen molar-refractivity contribution >= 4 is 62.2 Å². The molecule has 1 fully saturated rings. The number of rotatable bonds is 29. The van der Waals surface area contributed by atoms with Gasteiger partial charge in [0.1, 0.15) is 59.8 Å². The van der Waals surface area contributed by atoms with Crippen molar-refractivity contribution in [1.29, 1.82) is 0 Å². The Balaban J connectivity index is 0.000000129. The number of anilines is 3. The molecule has 9 aromatic heterocycles. The van der Waals surface area contributed by atoms with Crippen LogP contribution in [0.25, 0.3) is 101 Å². The number of morpholine rings is 1. The molecule has 4 aliphatic heterocycles. The Kier molecular flexibility index (Phi) is 25.4. The molecule has 0 bridgehead atoms. The molecule has 4 aliphatic rings. The van der Waals surface area contributed by atoms with Gasteiger partial charge in [-0.3, -0.25) is 4.90 Å². The first-order valence-corrected chi connectivity index (χ1v) is 42.2. The molecule has 1 saturated heterocycles. The summed E-state index contributed by atoms with van der Waals surface area (Å²) in [5.41, 5.74) is 12.4. The van der Waals surface area contributed by atoms with E-state index in [-0.39, 0.29) is 35.6 Å². The van der Waals surface area contributed by atoms with E-state index in [1.807, 2.05) is 121 Å². The maximum Gasteiger partial charge on any atom is 0.233 e. The van der Waals surface area contributed by atoms with Crippen LogP contribution in [0.1, 0.15) is 107 Å². The van der Waals surface area contributed by atoms with E-state index in [1.54, 1.807) is 55.0 Å². The lowest BCUT2D eigenvalue weighted by Crippen LogP contribution is -2.39. The molecule has 19 rings (SSSR count). The number of hydrogen-bond donors (Lipinski definition) is 3. The van der Waals surface area contributed by atoms with Crippen LogP contribution in [0.5, 0.6) is 17.6 Å². The van der Waals surface area contributed by atoms with Gasteiger partial charge >= 0.3 is 0 Å². The third-order valence-corrected chi connectivity index (χ3v) is 22.5. The van der Waals surface area contributed by atoms with Gasteiger partial charge in [-0.15, -0.1) is 0 Å². The molecule has 0 amide bonds. The average molecular weight is 1650 g/mol. The number of nitrogens with one attached hydrogen (secondary N) is 3. The van der Waals surface area contributed by atoms with Gasteiger partial charge in [-0.05, 0) is 159 Å². The van der Waals surface area contributed by atoms with Gasteiger partial charge < -0.3 is 48.6 Å². The number of imidazole rings is 3. The van der Waals surface area contributed by atoms with Gasteiger partial charge in [-0.1, -0.05) is 106 Å². The van der Waals surface area contributed by atoms with Gasteiger partial charge in [0.25, 0.3) is 0 Å². The lowest BCUT2D eigenvalue weighted by molar-refractivity contribution is 0.0398. The van der Waals surface area contributed by atoms with Crippen LogP contribution in [-0.2, 0) is 24.0 Å². The Labute approximate surface area is 704 Å². The fourth-order valence-electron chi connectivity index (χ4n) is 16.0. The topological polar surface area (TPSA) is 246 Å². The summed E-state index contributed by atoms with van der Waals surface area (Å²) >= 11 is 6.52. The summed E-state index contributed by atoms with van der Waals surface area (Å²) in [4.78, 5) is 59.4. The van der Waals surface area contributed by atoms with Crippen LogP contribution < -0.4 is 30.2 Å². The third-order valence-electron chi connectivity index (χ3n) is 22.2. The molecular weight excluding hydrogens is 1550 g/mol. The number of halogens is 4. The van der Waals surface area contributed by atoms with Crippen LogP contribution in [-0.4, -0.2) is 151 Å². The summed E-state index contributed by atoms with van der Waals surface area (Å²) in [5.74, 6) is 5.36. The molecule has 3 N–H and O–H groups in total. The van der Waals surface area contributed by atoms with Crippen molar-refractivity contribution in [2.45, 2.75) is 109 Å². The van der Waals surface area contributed by atoms with Crippen molar-refractivity contribution in [1.82, 2.24) is 78.4 Å². The largest absolute Gasteiger partial charge is 0.475 e. The molecule has 3 unspecified atom stereocenters. The van der Waals surface area contributed by atoms with Crippen molar-refractivity contribution in [3.63, 3.8) is 0 Å². The standard InChI is InChI=1S/C32H32FN7O2.C32H33FN6O.C30H28ClFN6O/c33-24-8-5-23(6-9-24)30-31(27-13-14-34-32(37-27)35-15-16-39-17-19-41-20-18-39)40-25(10-11-28(40)38-30)21-42-29-12-7-22-3-1-2-4-26(22)36-29;1-2-3-4-7-19-34-32-35-20-18-27(37-32)31-30(23-10-13-24(33)14-11-23)38-28-16-15-25(39(28)31)21-40-29-17-12-22-8-5-6-9-26(22)36-29;1-2-3-15-33-30-34-16-14-25(36-30)28-27(19-8-10-21(32)11-9-19)37-26-13-12-22(38(26)28)18-39-29-23(31)17-20-6-4-5-7-24(20)35-29/h1-9,12-14,25H,10-11,15-21H2,(H,34,35,37);5-6,8-14,17-18,20,25H,2-4,7,15-16,19,21H2,1H3,(H,34,35,37);4-11,14,16-17,22H,2-3,12-13,15,18H2,1H3,(H,33,34,36). The van der Waals surface area contributed by atoms with Crippen molar-refractivity contribution in [3.05, 3.63) is 253 Å². The zero-order valence-corrected chi connectivity index (χ0v) is 68.3. The van der Waals surface area contributed by atoms with E-state index in [2.05, 4.69) is 78.3 Å². The zero-order chi connectivity index (χ0) is 82.4. The number of nitrogens with zero attached hydrogens (tertiary/aromatic N) is 16. The van der Waals surface area contributed by atoms with E-state index in [0.29, 0.717) is 60.3 Å². The monoisotopic (exact) mass is 1640 g/mol. The predicted octanol–water partition coefficient (Wildman–Crippen LogP) is 19.4. The highest BCUT2D eigenvalue weighted by Crippen LogP contribution is 2.44. The Bertz CT molecular complexity index is 6070. The number of unbranched alkanes of at least 4 members (excludes halogenated alkanes) is 4. The second-order valence-electron chi connectivity index (χ2n) is 30.4. The number of fused-ring (bicyclic) bond motifs is 6. The molecule has 13 heterocycles. The smallest absolute Gasteiger partial charge is 0.233 e. The van der Waals surface area contributed by atoms with Crippen molar-refractivity contribution in [3.8, 4) is 85.6 Å². The molecule has 15 aromatic rings. The van der Waals surface area contributed by atoms with Crippen LogP contribution in [0.15, 0.2) is 213 Å². The number of benzene rings is 6. The van der Waals surface area contributed by atoms with Crippen molar-refractivity contribution in [2.75, 3.05) is 88.3 Å². The first-order valence-electron chi connectivity index (χ1n) is 41.8. The number of hydrogen-bond acceptors (Lipinski definition) is 20. The fourth-order valence-corrected chi connectivity index (χ4v) is 16.2. The molecule has 616 valence electrons. The van der Waals surface area contributed by atoms with E-state index < -0.39 is 0 Å². The Morgan fingerprint density at radius 2 is 0.802 bits per heavy atom. The molecule has 0 saturated carbocycles. The quantitative estimate of drug-likeness (QED) is 0.0369. The maximum absolute atomic E-state index is 13.8. The van der Waals surface area contributed by atoms with Crippen molar-refractivity contribution in [2.24, 2.45) is 0 Å².